The van der Waals surface area contributed by atoms with Gasteiger partial charge in [0.15, 0.2) is 9.84 Å². The highest BCUT2D eigenvalue weighted by atomic mass is 32.2. The Morgan fingerprint density at radius 2 is 1.90 bits per heavy atom. The maximum atomic E-state index is 12.5. The van der Waals surface area contributed by atoms with Crippen LogP contribution in [0.15, 0.2) is 23.1 Å². The second-order valence-electron chi connectivity index (χ2n) is 4.25. The molecule has 2 N–H and O–H groups in total. The lowest BCUT2D eigenvalue weighted by atomic mass is 10.2. The molecule has 0 saturated carbocycles. The third-order valence-electron chi connectivity index (χ3n) is 2.50. The van der Waals surface area contributed by atoms with Gasteiger partial charge in [-0.3, -0.25) is 0 Å². The summed E-state index contributed by atoms with van der Waals surface area (Å²) >= 11 is 1.15. The van der Waals surface area contributed by atoms with Crippen molar-refractivity contribution in [1.82, 2.24) is 0 Å². The summed E-state index contributed by atoms with van der Waals surface area (Å²) in [6, 6.07) is 3.08. The van der Waals surface area contributed by atoms with Crippen molar-refractivity contribution in [2.45, 2.75) is 24.4 Å². The van der Waals surface area contributed by atoms with Gasteiger partial charge in [-0.25, -0.2) is 8.42 Å². The predicted octanol–water partition coefficient (Wildman–Crippen LogP) is 3.20. The summed E-state index contributed by atoms with van der Waals surface area (Å²) in [5, 5.41) is 0. The maximum absolute atomic E-state index is 12.5. The lowest BCUT2D eigenvalue weighted by molar-refractivity contribution is -0.137. The van der Waals surface area contributed by atoms with Gasteiger partial charge in [-0.2, -0.15) is 13.2 Å². The molecule has 0 amide bonds. The van der Waals surface area contributed by atoms with E-state index in [4.69, 9.17) is 5.73 Å². The third kappa shape index (κ3) is 5.24. The first-order valence-electron chi connectivity index (χ1n) is 5.95. The molecule has 0 bridgehead atoms. The number of alkyl halides is 3. The molecule has 1 rings (SSSR count). The summed E-state index contributed by atoms with van der Waals surface area (Å²) in [4.78, 5) is 0.463. The lowest BCUT2D eigenvalue weighted by Crippen LogP contribution is -2.12. The molecule has 0 aliphatic carbocycles. The second-order valence-corrected chi connectivity index (χ2v) is 7.69. The van der Waals surface area contributed by atoms with Crippen molar-refractivity contribution in [3.63, 3.8) is 0 Å². The zero-order valence-electron chi connectivity index (χ0n) is 10.9. The van der Waals surface area contributed by atoms with Crippen LogP contribution in [0.25, 0.3) is 0 Å². The topological polar surface area (TPSA) is 60.2 Å². The summed E-state index contributed by atoms with van der Waals surface area (Å²) in [5.74, 6) is 0.389. The molecular weight excluding hydrogens is 311 g/mol. The summed E-state index contributed by atoms with van der Waals surface area (Å²) in [5.41, 5.74) is 4.76. The number of sulfone groups is 1. The molecule has 0 aliphatic rings. The molecule has 0 saturated heterocycles. The number of halogens is 3. The molecule has 3 nitrogen and oxygen atoms in total. The molecule has 0 atom stereocenters. The highest BCUT2D eigenvalue weighted by molar-refractivity contribution is 8.00. The number of thioether (sulfide) groups is 1. The molecule has 0 aliphatic heterocycles. The predicted molar refractivity (Wildman–Crippen MR) is 75.5 cm³/mol. The van der Waals surface area contributed by atoms with E-state index in [2.05, 4.69) is 0 Å². The fourth-order valence-electron chi connectivity index (χ4n) is 1.55. The van der Waals surface area contributed by atoms with Gasteiger partial charge in [0.25, 0.3) is 0 Å². The minimum Gasteiger partial charge on any atom is -0.398 e. The van der Waals surface area contributed by atoms with E-state index in [1.807, 2.05) is 0 Å². The first-order valence-corrected chi connectivity index (χ1v) is 8.76. The van der Waals surface area contributed by atoms with Crippen LogP contribution in [0, 0.1) is 0 Å². The highest BCUT2D eigenvalue weighted by Gasteiger charge is 2.30. The molecule has 1 aromatic rings. The Kier molecular flexibility index (Phi) is 5.76. The second kappa shape index (κ2) is 6.71. The maximum Gasteiger partial charge on any atom is 0.416 e. The van der Waals surface area contributed by atoms with Crippen molar-refractivity contribution < 1.29 is 21.6 Å². The van der Waals surface area contributed by atoms with Crippen LogP contribution in [0.5, 0.6) is 0 Å². The normalized spacial score (nSPS) is 12.6. The Balaban J connectivity index is 2.67. The van der Waals surface area contributed by atoms with Gasteiger partial charge in [0.1, 0.15) is 0 Å². The van der Waals surface area contributed by atoms with E-state index in [1.54, 1.807) is 6.92 Å². The van der Waals surface area contributed by atoms with E-state index < -0.39 is 21.6 Å². The van der Waals surface area contributed by atoms with E-state index in [1.165, 1.54) is 6.07 Å². The van der Waals surface area contributed by atoms with Crippen LogP contribution in [0.4, 0.5) is 18.9 Å². The van der Waals surface area contributed by atoms with E-state index in [0.717, 1.165) is 23.9 Å². The summed E-state index contributed by atoms with van der Waals surface area (Å²) in [6.45, 7) is 1.78. The zero-order chi connectivity index (χ0) is 15.4. The van der Waals surface area contributed by atoms with Gasteiger partial charge in [0, 0.05) is 22.1 Å². The highest BCUT2D eigenvalue weighted by Crippen LogP contribution is 2.34. The first-order chi connectivity index (χ1) is 9.15. The number of nitrogens with two attached hydrogens (primary N) is 1. The van der Waals surface area contributed by atoms with Gasteiger partial charge in [-0.1, -0.05) is 6.92 Å². The van der Waals surface area contributed by atoms with Crippen molar-refractivity contribution in [3.05, 3.63) is 23.8 Å². The fourth-order valence-corrected chi connectivity index (χ4v) is 4.33. The summed E-state index contributed by atoms with van der Waals surface area (Å²) in [6.07, 6.45) is -3.88. The third-order valence-corrected chi connectivity index (χ3v) is 5.71. The zero-order valence-corrected chi connectivity index (χ0v) is 12.5. The van der Waals surface area contributed by atoms with Crippen molar-refractivity contribution >= 4 is 27.3 Å². The van der Waals surface area contributed by atoms with Gasteiger partial charge in [0.2, 0.25) is 0 Å². The van der Waals surface area contributed by atoms with Crippen LogP contribution in [-0.4, -0.2) is 25.7 Å². The van der Waals surface area contributed by atoms with Crippen molar-refractivity contribution in [2.24, 2.45) is 0 Å². The Bertz CT molecular complexity index is 556. The Hall–Kier alpha value is -0.890. The minimum absolute atomic E-state index is 0.00797. The van der Waals surface area contributed by atoms with Gasteiger partial charge < -0.3 is 5.73 Å². The molecule has 0 radical (unpaired) electrons. The van der Waals surface area contributed by atoms with E-state index >= 15 is 0 Å². The Morgan fingerprint density at radius 3 is 2.40 bits per heavy atom. The first kappa shape index (κ1) is 17.2. The van der Waals surface area contributed by atoms with Gasteiger partial charge in [-0.15, -0.1) is 11.8 Å². The molecule has 114 valence electrons. The fraction of sp³-hybridized carbons (Fsp3) is 0.500. The number of anilines is 1. The number of hydrogen-bond acceptors (Lipinski definition) is 4. The minimum atomic E-state index is -4.43. The largest absolute Gasteiger partial charge is 0.416 e. The average Bonchev–Trinajstić information content (AvgIpc) is 2.29. The number of benzene rings is 1. The smallest absolute Gasteiger partial charge is 0.398 e. The average molecular weight is 327 g/mol. The summed E-state index contributed by atoms with van der Waals surface area (Å²) in [7, 11) is -3.09. The molecular formula is C12H16F3NO2S2. The molecule has 0 fully saturated rings. The standard InChI is InChI=1S/C12H16F3NO2S2/c1-2-6-20(17,18)7-5-19-11-4-3-9(8-10(11)16)12(13,14)15/h3-4,8H,2,5-7,16H2,1H3. The van der Waals surface area contributed by atoms with Gasteiger partial charge in [-0.05, 0) is 24.6 Å². The van der Waals surface area contributed by atoms with Crippen LogP contribution in [0.3, 0.4) is 0 Å². The molecule has 0 unspecified atom stereocenters. The van der Waals surface area contributed by atoms with Crippen LogP contribution >= 0.6 is 11.8 Å². The van der Waals surface area contributed by atoms with Crippen molar-refractivity contribution in [3.8, 4) is 0 Å². The molecule has 0 aromatic heterocycles. The van der Waals surface area contributed by atoms with Crippen LogP contribution in [0.2, 0.25) is 0 Å². The van der Waals surface area contributed by atoms with E-state index in [0.29, 0.717) is 11.3 Å². The van der Waals surface area contributed by atoms with E-state index in [-0.39, 0.29) is 22.9 Å². The summed E-state index contributed by atoms with van der Waals surface area (Å²) < 4.78 is 60.3. The monoisotopic (exact) mass is 327 g/mol. The van der Waals surface area contributed by atoms with Gasteiger partial charge >= 0.3 is 6.18 Å². The Morgan fingerprint density at radius 1 is 1.25 bits per heavy atom. The quantitative estimate of drug-likeness (QED) is 0.644. The molecule has 8 heteroatoms. The van der Waals surface area contributed by atoms with Crippen molar-refractivity contribution in [1.29, 1.82) is 0 Å². The SMILES string of the molecule is CCCS(=O)(=O)CCSc1ccc(C(F)(F)F)cc1N. The number of nitrogen functional groups attached to an aromatic ring is 1. The van der Waals surface area contributed by atoms with Crippen LogP contribution in [-0.2, 0) is 16.0 Å². The molecule has 0 heterocycles. The number of rotatable bonds is 6. The Labute approximate surface area is 120 Å². The molecule has 20 heavy (non-hydrogen) atoms. The lowest BCUT2D eigenvalue weighted by Gasteiger charge is -2.10. The molecule has 1 aromatic carbocycles. The van der Waals surface area contributed by atoms with E-state index in [9.17, 15) is 21.6 Å². The number of hydrogen-bond donors (Lipinski definition) is 1. The molecule has 0 spiro atoms. The van der Waals surface area contributed by atoms with Crippen LogP contribution < -0.4 is 5.73 Å². The van der Waals surface area contributed by atoms with Gasteiger partial charge in [0.05, 0.1) is 11.3 Å². The van der Waals surface area contributed by atoms with Crippen molar-refractivity contribution in [2.75, 3.05) is 23.0 Å². The van der Waals surface area contributed by atoms with Crippen LogP contribution in [0.1, 0.15) is 18.9 Å².